The fraction of sp³-hybridized carbons (Fsp3) is 1.00. The fourth-order valence-corrected chi connectivity index (χ4v) is 4.55. The molecule has 0 aliphatic carbocycles. The van der Waals surface area contributed by atoms with Crippen LogP contribution in [0.2, 0.25) is 6.04 Å². The molecule has 0 fully saturated rings. The largest absolute Gasteiger partial charge is 0.500 e. The molecule has 0 saturated heterocycles. The maximum Gasteiger partial charge on any atom is 0.500 e. The molecule has 110 valence electrons. The molecule has 0 saturated carbocycles. The molecular weight excluding hydrogens is 248 g/mol. The van der Waals surface area contributed by atoms with Crippen LogP contribution >= 0.6 is 0 Å². The van der Waals surface area contributed by atoms with Gasteiger partial charge in [0.1, 0.15) is 0 Å². The molecule has 1 atom stereocenters. The van der Waals surface area contributed by atoms with E-state index in [9.17, 15) is 0 Å². The van der Waals surface area contributed by atoms with Gasteiger partial charge in [0.25, 0.3) is 0 Å². The van der Waals surface area contributed by atoms with Crippen molar-refractivity contribution in [3.05, 3.63) is 0 Å². The third kappa shape index (κ3) is 7.45. The van der Waals surface area contributed by atoms with E-state index in [-0.39, 0.29) is 6.04 Å². The fourth-order valence-electron chi connectivity index (χ4n) is 1.87. The van der Waals surface area contributed by atoms with Crippen molar-refractivity contribution in [2.45, 2.75) is 52.1 Å². The highest BCUT2D eigenvalue weighted by Gasteiger charge is 2.39. The standard InChI is InChI=1S/C12H30N2O3Si/c1-4-15-18(16-5-2,17-6-3)10-8-7-9-12(14)11-13/h12H,4-11,13-14H2,1-3H3. The van der Waals surface area contributed by atoms with Crippen LogP contribution in [0.5, 0.6) is 0 Å². The molecule has 0 aliphatic rings. The van der Waals surface area contributed by atoms with Gasteiger partial charge in [-0.15, -0.1) is 0 Å². The molecule has 1 unspecified atom stereocenters. The number of rotatable bonds is 12. The summed E-state index contributed by atoms with van der Waals surface area (Å²) in [5.41, 5.74) is 11.3. The number of nitrogens with two attached hydrogens (primary N) is 2. The first-order valence-electron chi connectivity index (χ1n) is 7.01. The Morgan fingerprint density at radius 2 is 1.44 bits per heavy atom. The Morgan fingerprint density at radius 1 is 0.944 bits per heavy atom. The lowest BCUT2D eigenvalue weighted by Gasteiger charge is -2.28. The van der Waals surface area contributed by atoms with Crippen LogP contribution < -0.4 is 11.5 Å². The van der Waals surface area contributed by atoms with E-state index in [1.807, 2.05) is 20.8 Å². The third-order valence-electron chi connectivity index (χ3n) is 2.70. The SMILES string of the molecule is CCO[Si](CCCCC(N)CN)(OCC)OCC. The number of unbranched alkanes of at least 4 members (excludes halogenated alkanes) is 1. The van der Waals surface area contributed by atoms with Gasteiger partial charge in [0.05, 0.1) is 0 Å². The molecule has 5 nitrogen and oxygen atoms in total. The lowest BCUT2D eigenvalue weighted by Crippen LogP contribution is -2.46. The van der Waals surface area contributed by atoms with Crippen LogP contribution in [0.25, 0.3) is 0 Å². The molecule has 0 spiro atoms. The Hall–Kier alpha value is 0.0169. The predicted molar refractivity (Wildman–Crippen MR) is 76.3 cm³/mol. The Kier molecular flexibility index (Phi) is 10.9. The first kappa shape index (κ1) is 18.0. The van der Waals surface area contributed by atoms with Gasteiger partial charge in [0, 0.05) is 38.5 Å². The Labute approximate surface area is 113 Å². The average Bonchev–Trinajstić information content (AvgIpc) is 2.35. The highest BCUT2D eigenvalue weighted by atomic mass is 28.4. The summed E-state index contributed by atoms with van der Waals surface area (Å²) in [6.45, 7) is 8.38. The average molecular weight is 278 g/mol. The molecule has 0 radical (unpaired) electrons. The van der Waals surface area contributed by atoms with Gasteiger partial charge in [-0.3, -0.25) is 0 Å². The van der Waals surface area contributed by atoms with E-state index < -0.39 is 8.80 Å². The quantitative estimate of drug-likeness (QED) is 0.418. The van der Waals surface area contributed by atoms with Gasteiger partial charge in [-0.1, -0.05) is 6.42 Å². The van der Waals surface area contributed by atoms with Crippen molar-refractivity contribution in [2.75, 3.05) is 26.4 Å². The van der Waals surface area contributed by atoms with E-state index in [4.69, 9.17) is 24.7 Å². The second-order valence-corrected chi connectivity index (χ2v) is 6.96. The summed E-state index contributed by atoms with van der Waals surface area (Å²) in [7, 11) is -2.45. The van der Waals surface area contributed by atoms with Crippen LogP contribution in [0.4, 0.5) is 0 Å². The number of hydrogen-bond donors (Lipinski definition) is 2. The highest BCUT2D eigenvalue weighted by molar-refractivity contribution is 6.60. The van der Waals surface area contributed by atoms with Crippen LogP contribution in [0, 0.1) is 0 Å². The van der Waals surface area contributed by atoms with E-state index in [1.54, 1.807) is 0 Å². The molecule has 0 bridgehead atoms. The molecule has 0 amide bonds. The Bertz CT molecular complexity index is 179. The highest BCUT2D eigenvalue weighted by Crippen LogP contribution is 2.20. The van der Waals surface area contributed by atoms with E-state index in [0.717, 1.165) is 25.3 Å². The van der Waals surface area contributed by atoms with Gasteiger partial charge in [0.2, 0.25) is 0 Å². The van der Waals surface area contributed by atoms with Crippen LogP contribution in [0.1, 0.15) is 40.0 Å². The summed E-state index contributed by atoms with van der Waals surface area (Å²) in [6.07, 6.45) is 3.01. The normalized spacial score (nSPS) is 13.8. The maximum absolute atomic E-state index is 5.79. The van der Waals surface area contributed by atoms with Gasteiger partial charge in [-0.25, -0.2) is 0 Å². The van der Waals surface area contributed by atoms with Crippen LogP contribution in [0.15, 0.2) is 0 Å². The van der Waals surface area contributed by atoms with Crippen molar-refractivity contribution in [1.29, 1.82) is 0 Å². The smallest absolute Gasteiger partial charge is 0.374 e. The molecular formula is C12H30N2O3Si. The van der Waals surface area contributed by atoms with E-state index in [2.05, 4.69) is 0 Å². The van der Waals surface area contributed by atoms with Crippen molar-refractivity contribution in [2.24, 2.45) is 11.5 Å². The summed E-state index contributed by atoms with van der Waals surface area (Å²) >= 11 is 0. The summed E-state index contributed by atoms with van der Waals surface area (Å²) in [5.74, 6) is 0. The summed E-state index contributed by atoms with van der Waals surface area (Å²) in [4.78, 5) is 0. The molecule has 18 heavy (non-hydrogen) atoms. The lowest BCUT2D eigenvalue weighted by atomic mass is 10.1. The monoisotopic (exact) mass is 278 g/mol. The summed E-state index contributed by atoms with van der Waals surface area (Å²) in [6, 6.07) is 0.965. The first-order valence-corrected chi connectivity index (χ1v) is 8.94. The van der Waals surface area contributed by atoms with Crippen molar-refractivity contribution < 1.29 is 13.3 Å². The van der Waals surface area contributed by atoms with Crippen LogP contribution in [-0.2, 0) is 13.3 Å². The molecule has 0 aromatic carbocycles. The lowest BCUT2D eigenvalue weighted by molar-refractivity contribution is 0.0706. The molecule has 0 aromatic rings. The van der Waals surface area contributed by atoms with Gasteiger partial charge in [-0.2, -0.15) is 0 Å². The zero-order valence-electron chi connectivity index (χ0n) is 12.1. The minimum Gasteiger partial charge on any atom is -0.374 e. The topological polar surface area (TPSA) is 79.7 Å². The minimum absolute atomic E-state index is 0.104. The number of hydrogen-bond acceptors (Lipinski definition) is 5. The Balaban J connectivity index is 4.12. The third-order valence-corrected chi connectivity index (χ3v) is 5.85. The van der Waals surface area contributed by atoms with Gasteiger partial charge < -0.3 is 24.7 Å². The molecule has 0 heterocycles. The Morgan fingerprint density at radius 3 is 1.83 bits per heavy atom. The minimum atomic E-state index is -2.45. The van der Waals surface area contributed by atoms with E-state index in [0.29, 0.717) is 26.4 Å². The maximum atomic E-state index is 5.79. The molecule has 0 rings (SSSR count). The second kappa shape index (κ2) is 10.9. The molecule has 0 aliphatic heterocycles. The molecule has 0 aromatic heterocycles. The summed E-state index contributed by atoms with van der Waals surface area (Å²) in [5, 5.41) is 0. The van der Waals surface area contributed by atoms with Crippen molar-refractivity contribution in [3.63, 3.8) is 0 Å². The molecule has 6 heteroatoms. The van der Waals surface area contributed by atoms with Crippen LogP contribution in [0.3, 0.4) is 0 Å². The molecule has 4 N–H and O–H groups in total. The zero-order chi connectivity index (χ0) is 13.9. The second-order valence-electron chi connectivity index (χ2n) is 4.22. The predicted octanol–water partition coefficient (Wildman–Crippen LogP) is 1.49. The van der Waals surface area contributed by atoms with Gasteiger partial charge in [-0.05, 0) is 33.6 Å². The van der Waals surface area contributed by atoms with Crippen molar-refractivity contribution in [1.82, 2.24) is 0 Å². The zero-order valence-corrected chi connectivity index (χ0v) is 13.1. The van der Waals surface area contributed by atoms with Gasteiger partial charge >= 0.3 is 8.80 Å². The van der Waals surface area contributed by atoms with Crippen LogP contribution in [-0.4, -0.2) is 41.2 Å². The summed E-state index contributed by atoms with van der Waals surface area (Å²) < 4.78 is 17.3. The van der Waals surface area contributed by atoms with E-state index >= 15 is 0 Å². The first-order chi connectivity index (χ1) is 8.64. The van der Waals surface area contributed by atoms with Crippen molar-refractivity contribution in [3.8, 4) is 0 Å². The van der Waals surface area contributed by atoms with Gasteiger partial charge in [0.15, 0.2) is 0 Å². The van der Waals surface area contributed by atoms with Crippen molar-refractivity contribution >= 4 is 8.80 Å². The van der Waals surface area contributed by atoms with E-state index in [1.165, 1.54) is 0 Å².